The number of carbonyl (C=O) groups is 1. The van der Waals surface area contributed by atoms with Crippen molar-refractivity contribution in [3.05, 3.63) is 71.9 Å². The second-order valence-corrected chi connectivity index (χ2v) is 7.38. The van der Waals surface area contributed by atoms with Crippen molar-refractivity contribution in [1.82, 2.24) is 5.48 Å². The highest BCUT2D eigenvalue weighted by molar-refractivity contribution is 5.87. The fourth-order valence-electron chi connectivity index (χ4n) is 3.28. The molecule has 0 heterocycles. The molecule has 0 amide bonds. The van der Waals surface area contributed by atoms with Gasteiger partial charge in [0.2, 0.25) is 6.10 Å². The van der Waals surface area contributed by atoms with Crippen LogP contribution in [0.25, 0.3) is 0 Å². The summed E-state index contributed by atoms with van der Waals surface area (Å²) < 4.78 is 16.3. The van der Waals surface area contributed by atoms with Gasteiger partial charge in [0.05, 0.1) is 18.6 Å². The summed E-state index contributed by atoms with van der Waals surface area (Å²) in [5, 5.41) is 9.62. The Hall–Kier alpha value is -3.34. The van der Waals surface area contributed by atoms with E-state index in [-0.39, 0.29) is 5.92 Å². The smallest absolute Gasteiger partial charge is 0.318 e. The molecule has 1 unspecified atom stereocenters. The molecule has 0 aromatic heterocycles. The van der Waals surface area contributed by atoms with Crippen molar-refractivity contribution in [3.63, 3.8) is 0 Å². The first-order chi connectivity index (χ1) is 15.0. The molecule has 162 valence electrons. The first kappa shape index (κ1) is 22.3. The second-order valence-electron chi connectivity index (χ2n) is 7.38. The molecule has 1 N–H and O–H groups in total. The van der Waals surface area contributed by atoms with E-state index in [1.807, 2.05) is 37.3 Å². The van der Waals surface area contributed by atoms with E-state index in [1.54, 1.807) is 44.5 Å². The SMILES string of the molecule is COCCONC=C1[C@@H](C)[C@@]1(C)C(=O)OC(C#N)c1cccc(Oc2ccccc2)c1. The number of rotatable bonds is 10. The highest BCUT2D eigenvalue weighted by Crippen LogP contribution is 2.58. The highest BCUT2D eigenvalue weighted by Gasteiger charge is 2.60. The molecular weight excluding hydrogens is 396 g/mol. The van der Waals surface area contributed by atoms with Crippen molar-refractivity contribution in [2.45, 2.75) is 20.0 Å². The number of carbonyl (C=O) groups excluding carboxylic acids is 1. The normalized spacial score (nSPS) is 21.7. The zero-order chi connectivity index (χ0) is 22.3. The molecule has 0 radical (unpaired) electrons. The van der Waals surface area contributed by atoms with E-state index >= 15 is 0 Å². The predicted molar refractivity (Wildman–Crippen MR) is 114 cm³/mol. The van der Waals surface area contributed by atoms with Crippen molar-refractivity contribution in [1.29, 1.82) is 5.26 Å². The summed E-state index contributed by atoms with van der Waals surface area (Å²) in [5.74, 6) is 0.764. The monoisotopic (exact) mass is 422 g/mol. The number of nitriles is 1. The van der Waals surface area contributed by atoms with Crippen molar-refractivity contribution in [3.8, 4) is 17.6 Å². The van der Waals surface area contributed by atoms with Gasteiger partial charge in [0.1, 0.15) is 17.6 Å². The molecule has 1 aliphatic rings. The van der Waals surface area contributed by atoms with E-state index < -0.39 is 17.5 Å². The minimum absolute atomic E-state index is 0.0226. The van der Waals surface area contributed by atoms with E-state index in [1.165, 1.54) is 0 Å². The summed E-state index contributed by atoms with van der Waals surface area (Å²) >= 11 is 0. The number of benzene rings is 2. The molecule has 3 rings (SSSR count). The third-order valence-electron chi connectivity index (χ3n) is 5.44. The standard InChI is InChI=1S/C24H26N2O5/c1-17-21(16-26-29-13-12-28-3)24(17,2)23(27)31-22(15-25)18-8-7-11-20(14-18)30-19-9-5-4-6-10-19/h4-11,14,16-17,22,26H,12-13H2,1-3H3/t17-,22?,24-/m1/s1. The van der Waals surface area contributed by atoms with Gasteiger partial charge in [-0.15, -0.1) is 0 Å². The Morgan fingerprint density at radius 3 is 2.65 bits per heavy atom. The molecule has 31 heavy (non-hydrogen) atoms. The Labute approximate surface area is 182 Å². The van der Waals surface area contributed by atoms with Crippen molar-refractivity contribution < 1.29 is 23.8 Å². The van der Waals surface area contributed by atoms with E-state index in [0.717, 1.165) is 5.57 Å². The minimum atomic E-state index is -1.04. The summed E-state index contributed by atoms with van der Waals surface area (Å²) in [5.41, 5.74) is 3.32. The lowest BCUT2D eigenvalue weighted by Crippen LogP contribution is -2.20. The number of methoxy groups -OCH3 is 1. The quantitative estimate of drug-likeness (QED) is 0.347. The average Bonchev–Trinajstić information content (AvgIpc) is 3.33. The summed E-state index contributed by atoms with van der Waals surface area (Å²) in [6, 6.07) is 18.4. The van der Waals surface area contributed by atoms with Crippen molar-refractivity contribution in [2.24, 2.45) is 11.3 Å². The largest absolute Gasteiger partial charge is 0.457 e. The lowest BCUT2D eigenvalue weighted by molar-refractivity contribution is -0.152. The Bertz CT molecular complexity index is 969. The van der Waals surface area contributed by atoms with E-state index in [4.69, 9.17) is 19.0 Å². The van der Waals surface area contributed by atoms with Crippen LogP contribution in [0.3, 0.4) is 0 Å². The number of hydrogen-bond donors (Lipinski definition) is 1. The number of hydroxylamine groups is 1. The number of hydrogen-bond acceptors (Lipinski definition) is 7. The maximum atomic E-state index is 12.9. The lowest BCUT2D eigenvalue weighted by Gasteiger charge is -2.16. The summed E-state index contributed by atoms with van der Waals surface area (Å²) in [4.78, 5) is 18.1. The number of ether oxygens (including phenoxy) is 3. The molecule has 7 heteroatoms. The maximum absolute atomic E-state index is 12.9. The van der Waals surface area contributed by atoms with Crippen LogP contribution in [0.2, 0.25) is 0 Å². The summed E-state index contributed by atoms with van der Waals surface area (Å²) in [7, 11) is 1.59. The average molecular weight is 422 g/mol. The Kier molecular flexibility index (Phi) is 7.29. The fourth-order valence-corrected chi connectivity index (χ4v) is 3.28. The highest BCUT2D eigenvalue weighted by atomic mass is 16.7. The Morgan fingerprint density at radius 1 is 1.19 bits per heavy atom. The van der Waals surface area contributed by atoms with Crippen LogP contribution < -0.4 is 10.2 Å². The van der Waals surface area contributed by atoms with E-state index in [0.29, 0.717) is 30.3 Å². The lowest BCUT2D eigenvalue weighted by atomic mass is 10.1. The van der Waals surface area contributed by atoms with Crippen LogP contribution in [0.1, 0.15) is 25.5 Å². The molecule has 0 saturated heterocycles. The van der Waals surface area contributed by atoms with E-state index in [2.05, 4.69) is 11.5 Å². The van der Waals surface area contributed by atoms with Gasteiger partial charge in [-0.05, 0) is 42.7 Å². The van der Waals surface area contributed by atoms with Gasteiger partial charge in [-0.1, -0.05) is 37.3 Å². The number of nitrogens with one attached hydrogen (secondary N) is 1. The van der Waals surface area contributed by atoms with Crippen LogP contribution in [-0.2, 0) is 19.1 Å². The number of nitrogens with zero attached hydrogens (tertiary/aromatic N) is 1. The second kappa shape index (κ2) is 10.1. The van der Waals surface area contributed by atoms with Crippen LogP contribution in [-0.4, -0.2) is 26.3 Å². The van der Waals surface area contributed by atoms with Crippen molar-refractivity contribution in [2.75, 3.05) is 20.3 Å². The molecule has 2 aromatic rings. The number of para-hydroxylation sites is 1. The maximum Gasteiger partial charge on any atom is 0.318 e. The molecule has 0 aliphatic heterocycles. The first-order valence-corrected chi connectivity index (χ1v) is 10.0. The zero-order valence-electron chi connectivity index (χ0n) is 17.8. The predicted octanol–water partition coefficient (Wildman–Crippen LogP) is 4.29. The van der Waals surface area contributed by atoms with Crippen LogP contribution in [0.5, 0.6) is 11.5 Å². The topological polar surface area (TPSA) is 89.8 Å². The summed E-state index contributed by atoms with van der Waals surface area (Å²) in [6.45, 7) is 4.57. The molecule has 2 aromatic carbocycles. The number of esters is 1. The molecule has 0 spiro atoms. The van der Waals surface area contributed by atoms with Gasteiger partial charge in [-0.3, -0.25) is 15.1 Å². The van der Waals surface area contributed by atoms with Gasteiger partial charge in [0.15, 0.2) is 0 Å². The third-order valence-corrected chi connectivity index (χ3v) is 5.44. The third kappa shape index (κ3) is 5.23. The van der Waals surface area contributed by atoms with Gasteiger partial charge in [-0.2, -0.15) is 5.26 Å². The van der Waals surface area contributed by atoms with Crippen LogP contribution >= 0.6 is 0 Å². The van der Waals surface area contributed by atoms with Gasteiger partial charge >= 0.3 is 5.97 Å². The van der Waals surface area contributed by atoms with Crippen molar-refractivity contribution >= 4 is 5.97 Å². The first-order valence-electron chi connectivity index (χ1n) is 10.0. The molecule has 0 bridgehead atoms. The molecular formula is C24H26N2O5. The fraction of sp³-hybridized carbons (Fsp3) is 0.333. The molecule has 1 saturated carbocycles. The molecule has 1 fully saturated rings. The van der Waals surface area contributed by atoms with E-state index in [9.17, 15) is 10.1 Å². The minimum Gasteiger partial charge on any atom is -0.457 e. The van der Waals surface area contributed by atoms with Crippen LogP contribution in [0.15, 0.2) is 66.4 Å². The molecule has 7 nitrogen and oxygen atoms in total. The van der Waals surface area contributed by atoms with Crippen LogP contribution in [0.4, 0.5) is 0 Å². The Balaban J connectivity index is 1.64. The van der Waals surface area contributed by atoms with Crippen LogP contribution in [0, 0.1) is 22.7 Å². The van der Waals surface area contributed by atoms with Gasteiger partial charge < -0.3 is 14.2 Å². The van der Waals surface area contributed by atoms with Gasteiger partial charge in [0, 0.05) is 18.9 Å². The van der Waals surface area contributed by atoms with Gasteiger partial charge in [-0.25, -0.2) is 0 Å². The molecule has 3 atom stereocenters. The Morgan fingerprint density at radius 2 is 1.94 bits per heavy atom. The van der Waals surface area contributed by atoms with Gasteiger partial charge in [0.25, 0.3) is 0 Å². The summed E-state index contributed by atoms with van der Waals surface area (Å²) in [6.07, 6.45) is 0.626. The zero-order valence-corrected chi connectivity index (χ0v) is 17.8. The molecule has 1 aliphatic carbocycles.